The molecule has 1 aliphatic heterocycles. The van der Waals surface area contributed by atoms with Crippen LogP contribution in [0.2, 0.25) is 0 Å². The Morgan fingerprint density at radius 3 is 2.68 bits per heavy atom. The van der Waals surface area contributed by atoms with E-state index in [4.69, 9.17) is 0 Å². The van der Waals surface area contributed by atoms with E-state index in [1.165, 1.54) is 6.08 Å². The molecule has 3 rings (SSSR count). The van der Waals surface area contributed by atoms with Gasteiger partial charge in [-0.05, 0) is 61.3 Å². The predicted octanol–water partition coefficient (Wildman–Crippen LogP) is 3.55. The zero-order chi connectivity index (χ0) is 17.6. The molecule has 1 fully saturated rings. The van der Waals surface area contributed by atoms with E-state index in [0.717, 1.165) is 47.8 Å². The third kappa shape index (κ3) is 4.10. The predicted molar refractivity (Wildman–Crippen MR) is 103 cm³/mol. The second-order valence-corrected chi connectivity index (χ2v) is 6.48. The van der Waals surface area contributed by atoms with E-state index < -0.39 is 0 Å². The van der Waals surface area contributed by atoms with Gasteiger partial charge in [0.2, 0.25) is 5.91 Å². The lowest BCUT2D eigenvalue weighted by Crippen LogP contribution is -2.26. The van der Waals surface area contributed by atoms with Gasteiger partial charge in [0.05, 0.1) is 6.04 Å². The van der Waals surface area contributed by atoms with Crippen LogP contribution in [0.25, 0.3) is 10.8 Å². The van der Waals surface area contributed by atoms with E-state index in [9.17, 15) is 4.79 Å². The first-order valence-corrected chi connectivity index (χ1v) is 8.86. The van der Waals surface area contributed by atoms with Crippen LogP contribution in [0, 0.1) is 17.8 Å². The lowest BCUT2D eigenvalue weighted by molar-refractivity contribution is -0.117. The fraction of sp³-hybridized carbons (Fsp3) is 0.318. The average Bonchev–Trinajstić information content (AvgIpc) is 2.66. The molecule has 0 bridgehead atoms. The Labute approximate surface area is 149 Å². The average molecular weight is 332 g/mol. The quantitative estimate of drug-likeness (QED) is 0.667. The number of nitrogens with one attached hydrogen (secondary N) is 2. The molecule has 2 N–H and O–H groups in total. The molecule has 1 amide bonds. The molecule has 25 heavy (non-hydrogen) atoms. The summed E-state index contributed by atoms with van der Waals surface area (Å²) in [6, 6.07) is 12.3. The fourth-order valence-corrected chi connectivity index (χ4v) is 3.31. The summed E-state index contributed by atoms with van der Waals surface area (Å²) in [6.07, 6.45) is 3.54. The number of benzene rings is 2. The Balaban J connectivity index is 1.94. The number of carbonyl (C=O) groups is 1. The van der Waals surface area contributed by atoms with E-state index in [-0.39, 0.29) is 11.9 Å². The van der Waals surface area contributed by atoms with Crippen molar-refractivity contribution < 1.29 is 4.79 Å². The number of hydrogen-bond acceptors (Lipinski definition) is 2. The molecule has 1 heterocycles. The van der Waals surface area contributed by atoms with Crippen molar-refractivity contribution in [3.63, 3.8) is 0 Å². The van der Waals surface area contributed by atoms with Crippen LogP contribution in [-0.2, 0) is 4.79 Å². The van der Waals surface area contributed by atoms with Crippen molar-refractivity contribution in [1.29, 1.82) is 0 Å². The first-order chi connectivity index (χ1) is 12.2. The topological polar surface area (TPSA) is 41.1 Å². The smallest absolute Gasteiger partial charge is 0.243 e. The van der Waals surface area contributed by atoms with E-state index in [1.54, 1.807) is 0 Å². The van der Waals surface area contributed by atoms with Crippen molar-refractivity contribution in [3.8, 4) is 11.8 Å². The van der Waals surface area contributed by atoms with Crippen molar-refractivity contribution in [1.82, 2.24) is 10.6 Å². The minimum atomic E-state index is -0.161. The van der Waals surface area contributed by atoms with Gasteiger partial charge in [-0.25, -0.2) is 0 Å². The summed E-state index contributed by atoms with van der Waals surface area (Å²) in [4.78, 5) is 11.6. The van der Waals surface area contributed by atoms with Gasteiger partial charge in [0.15, 0.2) is 0 Å². The summed E-state index contributed by atoms with van der Waals surface area (Å²) in [5.74, 6) is 7.16. The van der Waals surface area contributed by atoms with Crippen LogP contribution in [0.4, 0.5) is 0 Å². The van der Waals surface area contributed by atoms with Gasteiger partial charge in [-0.15, -0.1) is 0 Å². The Hall–Kier alpha value is -2.57. The Kier molecular flexibility index (Phi) is 5.53. The molecule has 1 saturated heterocycles. The van der Waals surface area contributed by atoms with Crippen molar-refractivity contribution in [2.24, 2.45) is 5.92 Å². The number of fused-ring (bicyclic) bond motifs is 1. The van der Waals surface area contributed by atoms with Gasteiger partial charge in [0.25, 0.3) is 0 Å². The summed E-state index contributed by atoms with van der Waals surface area (Å²) < 4.78 is 0. The molecule has 3 nitrogen and oxygen atoms in total. The molecule has 2 aromatic rings. The normalized spacial score (nSPS) is 15.9. The van der Waals surface area contributed by atoms with Crippen LogP contribution in [0.5, 0.6) is 0 Å². The van der Waals surface area contributed by atoms with Crippen LogP contribution < -0.4 is 10.6 Å². The summed E-state index contributed by atoms with van der Waals surface area (Å²) in [7, 11) is 0. The van der Waals surface area contributed by atoms with Crippen LogP contribution >= 0.6 is 0 Å². The lowest BCUT2D eigenvalue weighted by Gasteiger charge is -2.18. The van der Waals surface area contributed by atoms with E-state index >= 15 is 0 Å². The second kappa shape index (κ2) is 8.00. The highest BCUT2D eigenvalue weighted by molar-refractivity contribution is 5.92. The van der Waals surface area contributed by atoms with Gasteiger partial charge >= 0.3 is 0 Å². The zero-order valence-corrected chi connectivity index (χ0v) is 14.6. The van der Waals surface area contributed by atoms with Crippen LogP contribution in [0.1, 0.15) is 36.9 Å². The molecule has 1 atom stereocenters. The number of carbonyl (C=O) groups excluding carboxylic acids is 1. The third-order valence-corrected chi connectivity index (χ3v) is 4.72. The number of hydrogen-bond donors (Lipinski definition) is 2. The minimum absolute atomic E-state index is 0.0816. The molecule has 0 aromatic heterocycles. The van der Waals surface area contributed by atoms with Crippen LogP contribution in [0.15, 0.2) is 49.1 Å². The van der Waals surface area contributed by atoms with Crippen LogP contribution in [0.3, 0.4) is 0 Å². The first-order valence-electron chi connectivity index (χ1n) is 8.86. The molecule has 0 aliphatic carbocycles. The van der Waals surface area contributed by atoms with Crippen molar-refractivity contribution in [3.05, 3.63) is 60.2 Å². The highest BCUT2D eigenvalue weighted by Crippen LogP contribution is 2.27. The molecule has 1 aliphatic rings. The highest BCUT2D eigenvalue weighted by Gasteiger charge is 2.13. The second-order valence-electron chi connectivity index (χ2n) is 6.48. The Morgan fingerprint density at radius 2 is 1.96 bits per heavy atom. The number of rotatable bonds is 3. The molecular weight excluding hydrogens is 308 g/mol. The van der Waals surface area contributed by atoms with E-state index in [2.05, 4.69) is 53.3 Å². The zero-order valence-electron chi connectivity index (χ0n) is 14.6. The third-order valence-electron chi connectivity index (χ3n) is 4.72. The molecule has 0 saturated carbocycles. The number of amides is 1. The monoisotopic (exact) mass is 332 g/mol. The van der Waals surface area contributed by atoms with Gasteiger partial charge in [-0.1, -0.05) is 48.8 Å². The SMILES string of the molecule is C=CC(=O)N[C@H](C)c1ccc(C#CC2CCNCC2)c2ccccc12. The molecule has 0 spiro atoms. The van der Waals surface area contributed by atoms with Gasteiger partial charge in [-0.3, -0.25) is 4.79 Å². The Morgan fingerprint density at radius 1 is 1.24 bits per heavy atom. The fourth-order valence-electron chi connectivity index (χ4n) is 3.31. The lowest BCUT2D eigenvalue weighted by atomic mass is 9.94. The van der Waals surface area contributed by atoms with Gasteiger partial charge < -0.3 is 10.6 Å². The molecule has 0 radical (unpaired) electrons. The largest absolute Gasteiger partial charge is 0.346 e. The van der Waals surface area contributed by atoms with Gasteiger partial charge in [0, 0.05) is 11.5 Å². The van der Waals surface area contributed by atoms with E-state index in [1.807, 2.05) is 19.1 Å². The van der Waals surface area contributed by atoms with E-state index in [0.29, 0.717) is 5.92 Å². The minimum Gasteiger partial charge on any atom is -0.346 e. The molecule has 0 unspecified atom stereocenters. The summed E-state index contributed by atoms with van der Waals surface area (Å²) in [6.45, 7) is 7.62. The van der Waals surface area contributed by atoms with Crippen molar-refractivity contribution >= 4 is 16.7 Å². The first kappa shape index (κ1) is 17.3. The molecule has 2 aromatic carbocycles. The Bertz CT molecular complexity index is 838. The maximum absolute atomic E-state index is 11.6. The standard InChI is InChI=1S/C22H24N2O/c1-3-22(25)24-16(2)19-11-10-18(20-6-4-5-7-21(19)20)9-8-17-12-14-23-15-13-17/h3-7,10-11,16-17,23H,1,12-15H2,2H3,(H,24,25)/t16-/m1/s1. The van der Waals surface area contributed by atoms with Crippen molar-refractivity contribution in [2.45, 2.75) is 25.8 Å². The molecule has 3 heteroatoms. The summed E-state index contributed by atoms with van der Waals surface area (Å²) in [5, 5.41) is 8.59. The van der Waals surface area contributed by atoms with Gasteiger partial charge in [-0.2, -0.15) is 0 Å². The van der Waals surface area contributed by atoms with Gasteiger partial charge in [0.1, 0.15) is 0 Å². The molecular formula is C22H24N2O. The number of piperidine rings is 1. The highest BCUT2D eigenvalue weighted by atomic mass is 16.1. The summed E-state index contributed by atoms with van der Waals surface area (Å²) in [5.41, 5.74) is 2.15. The van der Waals surface area contributed by atoms with Crippen LogP contribution in [-0.4, -0.2) is 19.0 Å². The maximum atomic E-state index is 11.6. The summed E-state index contributed by atoms with van der Waals surface area (Å²) >= 11 is 0. The molecule has 128 valence electrons. The van der Waals surface area contributed by atoms with Crippen molar-refractivity contribution in [2.75, 3.05) is 13.1 Å². The maximum Gasteiger partial charge on any atom is 0.243 e.